The predicted octanol–water partition coefficient (Wildman–Crippen LogP) is 5.72. The lowest BCUT2D eigenvalue weighted by molar-refractivity contribution is 0.0276. The topological polar surface area (TPSA) is 96.5 Å². The summed E-state index contributed by atoms with van der Waals surface area (Å²) in [7, 11) is 0. The van der Waals surface area contributed by atoms with Crippen LogP contribution >= 0.6 is 0 Å². The van der Waals surface area contributed by atoms with Crippen molar-refractivity contribution in [1.29, 1.82) is 0 Å². The van der Waals surface area contributed by atoms with Crippen LogP contribution in [0, 0.1) is 12.8 Å². The Bertz CT molecular complexity index is 1280. The van der Waals surface area contributed by atoms with Crippen molar-refractivity contribution < 1.29 is 14.3 Å². The average molecular weight is 490 g/mol. The van der Waals surface area contributed by atoms with Crippen LogP contribution in [0.2, 0.25) is 0 Å². The number of rotatable bonds is 7. The van der Waals surface area contributed by atoms with E-state index in [-0.39, 0.29) is 11.8 Å². The molecule has 4 rings (SSSR count). The van der Waals surface area contributed by atoms with Gasteiger partial charge in [-0.05, 0) is 87.4 Å². The molecule has 1 aliphatic carbocycles. The van der Waals surface area contributed by atoms with Crippen molar-refractivity contribution in [3.05, 3.63) is 53.7 Å². The molecule has 1 saturated carbocycles. The third-order valence-corrected chi connectivity index (χ3v) is 5.70. The third kappa shape index (κ3) is 6.50. The number of benzene rings is 2. The monoisotopic (exact) mass is 489 g/mol. The number of anilines is 1. The minimum Gasteiger partial charge on any atom is -0.442 e. The normalized spacial score (nSPS) is 13.5. The Morgan fingerprint density at radius 3 is 2.56 bits per heavy atom. The lowest BCUT2D eigenvalue weighted by Crippen LogP contribution is -2.42. The average Bonchev–Trinajstić information content (AvgIpc) is 3.61. The highest BCUT2D eigenvalue weighted by Crippen LogP contribution is 2.28. The number of fused-ring (bicyclic) bond motifs is 1. The molecule has 2 aromatic carbocycles. The summed E-state index contributed by atoms with van der Waals surface area (Å²) < 4.78 is 5.53. The molecule has 8 heteroatoms. The Labute approximate surface area is 212 Å². The second kappa shape index (κ2) is 10.1. The second-order valence-electron chi connectivity index (χ2n) is 10.8. The maximum atomic E-state index is 12.7. The largest absolute Gasteiger partial charge is 0.442 e. The van der Waals surface area contributed by atoms with Crippen molar-refractivity contribution in [2.45, 2.75) is 66.0 Å². The van der Waals surface area contributed by atoms with Gasteiger partial charge in [0.15, 0.2) is 0 Å². The van der Waals surface area contributed by atoms with Gasteiger partial charge in [0.1, 0.15) is 5.60 Å². The Hall–Kier alpha value is -3.68. The van der Waals surface area contributed by atoms with Gasteiger partial charge in [0, 0.05) is 29.7 Å². The summed E-state index contributed by atoms with van der Waals surface area (Å²) in [5, 5.41) is 5.32. The molecule has 0 spiro atoms. The van der Waals surface area contributed by atoms with Crippen LogP contribution < -0.4 is 10.7 Å². The Kier molecular flexibility index (Phi) is 7.15. The molecule has 0 atom stereocenters. The zero-order chi connectivity index (χ0) is 26.0. The minimum atomic E-state index is -0.608. The number of ether oxygens (including phenoxy) is 1. The zero-order valence-electron chi connectivity index (χ0n) is 21.9. The minimum absolute atomic E-state index is 0.0328. The summed E-state index contributed by atoms with van der Waals surface area (Å²) in [5.74, 6) is 0.504. The van der Waals surface area contributed by atoms with Crippen LogP contribution in [0.25, 0.3) is 22.0 Å². The number of nitrogens with one attached hydrogen (secondary N) is 2. The number of amides is 2. The van der Waals surface area contributed by atoms with Crippen LogP contribution in [0.4, 0.5) is 10.7 Å². The summed E-state index contributed by atoms with van der Waals surface area (Å²) in [4.78, 5) is 34.3. The van der Waals surface area contributed by atoms with Crippen LogP contribution in [0.3, 0.4) is 0 Å². The highest BCUT2D eigenvalue weighted by atomic mass is 16.6. The van der Waals surface area contributed by atoms with Crippen molar-refractivity contribution in [2.24, 2.45) is 5.92 Å². The fourth-order valence-electron chi connectivity index (χ4n) is 3.79. The maximum Gasteiger partial charge on any atom is 0.429 e. The lowest BCUT2D eigenvalue weighted by atomic mass is 9.97. The first-order valence-electron chi connectivity index (χ1n) is 12.4. The molecule has 0 bridgehead atoms. The smallest absolute Gasteiger partial charge is 0.429 e. The highest BCUT2D eigenvalue weighted by Gasteiger charge is 2.25. The third-order valence-electron chi connectivity index (χ3n) is 5.70. The molecule has 36 heavy (non-hydrogen) atoms. The van der Waals surface area contributed by atoms with E-state index in [1.807, 2.05) is 77.9 Å². The molecule has 3 aromatic rings. The van der Waals surface area contributed by atoms with E-state index in [1.165, 1.54) is 5.01 Å². The highest BCUT2D eigenvalue weighted by molar-refractivity contribution is 5.96. The van der Waals surface area contributed by atoms with E-state index in [2.05, 4.69) is 20.7 Å². The van der Waals surface area contributed by atoms with Crippen LogP contribution in [-0.2, 0) is 4.74 Å². The molecule has 2 amide bonds. The van der Waals surface area contributed by atoms with Crippen molar-refractivity contribution in [1.82, 2.24) is 20.3 Å². The molecule has 1 aliphatic rings. The summed E-state index contributed by atoms with van der Waals surface area (Å²) >= 11 is 0. The number of nitrogens with zero attached hydrogens (tertiary/aromatic N) is 3. The van der Waals surface area contributed by atoms with Crippen LogP contribution in [0.1, 0.15) is 63.4 Å². The fourth-order valence-corrected chi connectivity index (χ4v) is 3.79. The van der Waals surface area contributed by atoms with E-state index in [9.17, 15) is 9.59 Å². The molecule has 1 fully saturated rings. The van der Waals surface area contributed by atoms with Crippen LogP contribution in [-0.4, -0.2) is 45.2 Å². The number of aryl methyl sites for hydroxylation is 1. The van der Waals surface area contributed by atoms with Gasteiger partial charge in [-0.2, -0.15) is 0 Å². The van der Waals surface area contributed by atoms with E-state index in [1.54, 1.807) is 6.20 Å². The summed E-state index contributed by atoms with van der Waals surface area (Å²) in [6, 6.07) is 12.0. The number of aromatic nitrogens is 2. The van der Waals surface area contributed by atoms with Gasteiger partial charge in [0.25, 0.3) is 5.91 Å². The lowest BCUT2D eigenvalue weighted by Gasteiger charge is -2.28. The maximum absolute atomic E-state index is 12.7. The second-order valence-corrected chi connectivity index (χ2v) is 10.8. The van der Waals surface area contributed by atoms with E-state index in [0.29, 0.717) is 24.1 Å². The molecule has 0 radical (unpaired) electrons. The van der Waals surface area contributed by atoms with Gasteiger partial charge in [-0.1, -0.05) is 26.0 Å². The van der Waals surface area contributed by atoms with Gasteiger partial charge in [0.05, 0.1) is 5.52 Å². The van der Waals surface area contributed by atoms with E-state index >= 15 is 0 Å². The zero-order valence-corrected chi connectivity index (χ0v) is 21.9. The molecule has 0 saturated heterocycles. The first kappa shape index (κ1) is 25.4. The summed E-state index contributed by atoms with van der Waals surface area (Å²) in [6.07, 6.45) is 3.37. The van der Waals surface area contributed by atoms with Gasteiger partial charge in [-0.25, -0.2) is 19.8 Å². The first-order chi connectivity index (χ1) is 17.0. The Balaban J connectivity index is 1.57. The molecular weight excluding hydrogens is 454 g/mol. The van der Waals surface area contributed by atoms with Crippen LogP contribution in [0.5, 0.6) is 0 Å². The first-order valence-corrected chi connectivity index (χ1v) is 12.4. The van der Waals surface area contributed by atoms with Crippen molar-refractivity contribution in [2.75, 3.05) is 12.0 Å². The van der Waals surface area contributed by atoms with Gasteiger partial charge in [0.2, 0.25) is 5.95 Å². The molecule has 0 aliphatic heterocycles. The molecule has 1 heterocycles. The number of hydrogen-bond acceptors (Lipinski definition) is 6. The quantitative estimate of drug-likeness (QED) is 0.412. The van der Waals surface area contributed by atoms with E-state index in [4.69, 9.17) is 4.74 Å². The van der Waals surface area contributed by atoms with E-state index in [0.717, 1.165) is 40.4 Å². The SMILES string of the molecule is Cc1ccc(C(=O)NC2CC2)cc1-c1ccc2nc(NN(CC(C)C)C(=O)OC(C)(C)C)ncc2c1. The molecule has 190 valence electrons. The molecular formula is C28H35N5O3. The van der Waals surface area contributed by atoms with Crippen molar-refractivity contribution in [3.8, 4) is 11.1 Å². The molecule has 1 aromatic heterocycles. The Morgan fingerprint density at radius 1 is 1.14 bits per heavy atom. The van der Waals surface area contributed by atoms with Crippen molar-refractivity contribution in [3.63, 3.8) is 0 Å². The van der Waals surface area contributed by atoms with Gasteiger partial charge >= 0.3 is 6.09 Å². The molecule has 8 nitrogen and oxygen atoms in total. The van der Waals surface area contributed by atoms with Crippen molar-refractivity contribution >= 4 is 28.9 Å². The predicted molar refractivity (Wildman–Crippen MR) is 142 cm³/mol. The summed E-state index contributed by atoms with van der Waals surface area (Å²) in [5.41, 5.74) is 6.87. The number of carbonyl (C=O) groups excluding carboxylic acids is 2. The summed E-state index contributed by atoms with van der Waals surface area (Å²) in [6.45, 7) is 12.0. The van der Waals surface area contributed by atoms with Gasteiger partial charge in [-0.15, -0.1) is 0 Å². The number of carbonyl (C=O) groups is 2. The van der Waals surface area contributed by atoms with Crippen LogP contribution in [0.15, 0.2) is 42.6 Å². The Morgan fingerprint density at radius 2 is 1.89 bits per heavy atom. The number of hydrogen-bond donors (Lipinski definition) is 2. The fraction of sp³-hybridized carbons (Fsp3) is 0.429. The van der Waals surface area contributed by atoms with Gasteiger partial charge < -0.3 is 10.1 Å². The number of hydrazine groups is 1. The molecule has 0 unspecified atom stereocenters. The molecule has 2 N–H and O–H groups in total. The van der Waals surface area contributed by atoms with E-state index < -0.39 is 11.7 Å². The van der Waals surface area contributed by atoms with Gasteiger partial charge in [-0.3, -0.25) is 10.2 Å². The standard InChI is InChI=1S/C28H35N5O3/c1-17(2)16-33(27(35)36-28(4,5)6)32-26-29-15-21-13-19(9-12-24(21)31-26)23-14-20(8-7-18(23)3)25(34)30-22-10-11-22/h7-9,12-15,17,22H,10-11,16H2,1-6H3,(H,30,34)(H,29,31,32).